The molecular weight excluding hydrogens is 307 g/mol. The third-order valence-electron chi connectivity index (χ3n) is 3.57. The molecule has 0 amide bonds. The lowest BCUT2D eigenvalue weighted by molar-refractivity contribution is 0.505. The quantitative estimate of drug-likeness (QED) is 0.634. The molecule has 3 N–H and O–H groups in total. The van der Waals surface area contributed by atoms with Gasteiger partial charge >= 0.3 is 0 Å². The van der Waals surface area contributed by atoms with Crippen molar-refractivity contribution in [3.63, 3.8) is 0 Å². The first-order chi connectivity index (χ1) is 10.0. The number of nitrogens with two attached hydrogens (primary N) is 1. The Labute approximate surface area is 135 Å². The van der Waals surface area contributed by atoms with Gasteiger partial charge in [-0.15, -0.1) is 0 Å². The largest absolute Gasteiger partial charge is 0.271 e. The minimum atomic E-state index is 0.0868. The van der Waals surface area contributed by atoms with Crippen molar-refractivity contribution in [2.24, 2.45) is 12.9 Å². The van der Waals surface area contributed by atoms with Crippen molar-refractivity contribution in [3.05, 3.63) is 51.3 Å². The normalized spacial score (nSPS) is 12.6. The number of aryl methyl sites for hydroxylation is 2. The van der Waals surface area contributed by atoms with E-state index in [1.165, 1.54) is 5.56 Å². The minimum Gasteiger partial charge on any atom is -0.271 e. The van der Waals surface area contributed by atoms with E-state index in [2.05, 4.69) is 10.5 Å². The van der Waals surface area contributed by atoms with E-state index in [-0.39, 0.29) is 6.04 Å². The first-order valence-corrected chi connectivity index (χ1v) is 7.71. The van der Waals surface area contributed by atoms with Crippen molar-refractivity contribution in [2.45, 2.75) is 32.2 Å². The first kappa shape index (κ1) is 16.3. The van der Waals surface area contributed by atoms with Gasteiger partial charge in [0, 0.05) is 24.5 Å². The Bertz CT molecular complexity index is 592. The maximum absolute atomic E-state index is 6.39. The molecule has 2 aromatic rings. The smallest absolute Gasteiger partial charge is 0.0850 e. The maximum atomic E-state index is 6.39. The minimum absolute atomic E-state index is 0.0868. The SMILES string of the molecule is CCc1nn(C)c(CC(Cc2ccc(Cl)cc2)NN)c1Cl. The summed E-state index contributed by atoms with van der Waals surface area (Å²) in [5, 5.41) is 5.91. The molecule has 0 bridgehead atoms. The van der Waals surface area contributed by atoms with Gasteiger partial charge in [0.05, 0.1) is 16.4 Å². The van der Waals surface area contributed by atoms with E-state index in [1.807, 2.05) is 42.9 Å². The number of nitrogens with one attached hydrogen (secondary N) is 1. The Morgan fingerprint density at radius 2 is 1.90 bits per heavy atom. The van der Waals surface area contributed by atoms with E-state index in [4.69, 9.17) is 29.0 Å². The van der Waals surface area contributed by atoms with E-state index in [9.17, 15) is 0 Å². The van der Waals surface area contributed by atoms with Crippen molar-refractivity contribution in [1.29, 1.82) is 0 Å². The van der Waals surface area contributed by atoms with Gasteiger partial charge in [-0.05, 0) is 30.5 Å². The summed E-state index contributed by atoms with van der Waals surface area (Å²) in [7, 11) is 1.91. The number of hydrogen-bond donors (Lipinski definition) is 2. The zero-order valence-corrected chi connectivity index (χ0v) is 13.7. The van der Waals surface area contributed by atoms with Crippen LogP contribution in [0.2, 0.25) is 10.0 Å². The van der Waals surface area contributed by atoms with E-state index in [1.54, 1.807) is 0 Å². The van der Waals surface area contributed by atoms with Crippen molar-refractivity contribution < 1.29 is 0 Å². The molecule has 1 heterocycles. The Balaban J connectivity index is 2.12. The van der Waals surface area contributed by atoms with Gasteiger partial charge in [-0.1, -0.05) is 42.3 Å². The second kappa shape index (κ2) is 7.27. The zero-order valence-electron chi connectivity index (χ0n) is 12.2. The van der Waals surface area contributed by atoms with Crippen LogP contribution in [0.5, 0.6) is 0 Å². The highest BCUT2D eigenvalue weighted by Gasteiger charge is 2.17. The monoisotopic (exact) mass is 326 g/mol. The maximum Gasteiger partial charge on any atom is 0.0850 e. The molecule has 6 heteroatoms. The van der Waals surface area contributed by atoms with Gasteiger partial charge in [-0.25, -0.2) is 0 Å². The van der Waals surface area contributed by atoms with Crippen LogP contribution in [0.25, 0.3) is 0 Å². The Hall–Kier alpha value is -1.07. The van der Waals surface area contributed by atoms with Crippen LogP contribution < -0.4 is 11.3 Å². The molecule has 1 aromatic heterocycles. The van der Waals surface area contributed by atoms with Crippen molar-refractivity contribution in [3.8, 4) is 0 Å². The molecule has 1 unspecified atom stereocenters. The van der Waals surface area contributed by atoms with Crippen LogP contribution in [-0.4, -0.2) is 15.8 Å². The summed E-state index contributed by atoms with van der Waals surface area (Å²) in [6, 6.07) is 7.88. The second-order valence-electron chi connectivity index (χ2n) is 5.08. The van der Waals surface area contributed by atoms with Crippen LogP contribution in [0.4, 0.5) is 0 Å². The van der Waals surface area contributed by atoms with Gasteiger partial charge < -0.3 is 0 Å². The molecule has 0 fully saturated rings. The van der Waals surface area contributed by atoms with Crippen molar-refractivity contribution in [2.75, 3.05) is 0 Å². The third-order valence-corrected chi connectivity index (χ3v) is 4.26. The number of benzene rings is 1. The van der Waals surface area contributed by atoms with Crippen LogP contribution in [0.15, 0.2) is 24.3 Å². The molecule has 0 spiro atoms. The number of nitrogens with zero attached hydrogens (tertiary/aromatic N) is 2. The lowest BCUT2D eigenvalue weighted by atomic mass is 10.0. The molecule has 1 aromatic carbocycles. The van der Waals surface area contributed by atoms with Gasteiger partial charge in [0.25, 0.3) is 0 Å². The summed E-state index contributed by atoms with van der Waals surface area (Å²) in [6.07, 6.45) is 2.35. The van der Waals surface area contributed by atoms with Gasteiger partial charge in [-0.2, -0.15) is 5.10 Å². The van der Waals surface area contributed by atoms with Gasteiger partial charge in [0.1, 0.15) is 0 Å². The zero-order chi connectivity index (χ0) is 15.4. The second-order valence-corrected chi connectivity index (χ2v) is 5.90. The Morgan fingerprint density at radius 1 is 1.24 bits per heavy atom. The topological polar surface area (TPSA) is 55.9 Å². The summed E-state index contributed by atoms with van der Waals surface area (Å²) >= 11 is 12.3. The number of halogens is 2. The van der Waals surface area contributed by atoms with Crippen molar-refractivity contribution in [1.82, 2.24) is 15.2 Å². The molecule has 2 rings (SSSR count). The molecule has 0 saturated carbocycles. The predicted molar refractivity (Wildman–Crippen MR) is 87.6 cm³/mol. The molecule has 0 aliphatic heterocycles. The fourth-order valence-electron chi connectivity index (χ4n) is 2.37. The first-order valence-electron chi connectivity index (χ1n) is 6.96. The van der Waals surface area contributed by atoms with Crippen LogP contribution in [0, 0.1) is 0 Å². The average Bonchev–Trinajstić information content (AvgIpc) is 2.75. The van der Waals surface area contributed by atoms with E-state index >= 15 is 0 Å². The summed E-state index contributed by atoms with van der Waals surface area (Å²) in [4.78, 5) is 0. The molecule has 4 nitrogen and oxygen atoms in total. The molecule has 21 heavy (non-hydrogen) atoms. The van der Waals surface area contributed by atoms with E-state index < -0.39 is 0 Å². The fourth-order valence-corrected chi connectivity index (χ4v) is 2.87. The highest BCUT2D eigenvalue weighted by molar-refractivity contribution is 6.32. The van der Waals surface area contributed by atoms with E-state index in [0.717, 1.165) is 40.7 Å². The van der Waals surface area contributed by atoms with Crippen molar-refractivity contribution >= 4 is 23.2 Å². The van der Waals surface area contributed by atoms with Crippen LogP contribution in [0.1, 0.15) is 23.9 Å². The summed E-state index contributed by atoms with van der Waals surface area (Å²) in [6.45, 7) is 2.05. The molecule has 0 saturated heterocycles. The van der Waals surface area contributed by atoms with E-state index in [0.29, 0.717) is 0 Å². The number of rotatable bonds is 6. The number of aromatic nitrogens is 2. The van der Waals surface area contributed by atoms with Gasteiger partial charge in [0.2, 0.25) is 0 Å². The number of hydrogen-bond acceptors (Lipinski definition) is 3. The average molecular weight is 327 g/mol. The molecule has 114 valence electrons. The van der Waals surface area contributed by atoms with Crippen LogP contribution in [0.3, 0.4) is 0 Å². The molecular formula is C15H20Cl2N4. The molecule has 1 atom stereocenters. The Morgan fingerprint density at radius 3 is 2.43 bits per heavy atom. The lowest BCUT2D eigenvalue weighted by Gasteiger charge is -2.16. The van der Waals surface area contributed by atoms with Crippen LogP contribution >= 0.6 is 23.2 Å². The Kier molecular flexibility index (Phi) is 5.65. The number of hydrazine groups is 1. The van der Waals surface area contributed by atoms with Gasteiger partial charge in [-0.3, -0.25) is 16.0 Å². The molecule has 0 radical (unpaired) electrons. The van der Waals surface area contributed by atoms with Gasteiger partial charge in [0.15, 0.2) is 0 Å². The summed E-state index contributed by atoms with van der Waals surface area (Å²) < 4.78 is 1.84. The summed E-state index contributed by atoms with van der Waals surface area (Å²) in [5.41, 5.74) is 5.97. The predicted octanol–water partition coefficient (Wildman–Crippen LogP) is 2.91. The lowest BCUT2D eigenvalue weighted by Crippen LogP contribution is -2.39. The highest BCUT2D eigenvalue weighted by atomic mass is 35.5. The molecule has 0 aliphatic rings. The highest BCUT2D eigenvalue weighted by Crippen LogP contribution is 2.23. The fraction of sp³-hybridized carbons (Fsp3) is 0.400. The third kappa shape index (κ3) is 3.98. The summed E-state index contributed by atoms with van der Waals surface area (Å²) in [5.74, 6) is 5.69. The molecule has 0 aliphatic carbocycles. The van der Waals surface area contributed by atoms with Crippen LogP contribution in [-0.2, 0) is 26.3 Å². The standard InChI is InChI=1S/C15H20Cl2N4/c1-3-13-15(17)14(21(2)20-13)9-12(19-18)8-10-4-6-11(16)7-5-10/h4-7,12,19H,3,8-9,18H2,1-2H3.